The first kappa shape index (κ1) is 25.1. The van der Waals surface area contributed by atoms with Gasteiger partial charge in [-0.3, -0.25) is 9.10 Å². The van der Waals surface area contributed by atoms with Crippen molar-refractivity contribution in [2.24, 2.45) is 0 Å². The number of sulfonamides is 1. The molecule has 0 radical (unpaired) electrons. The molecule has 0 aliphatic heterocycles. The van der Waals surface area contributed by atoms with Gasteiger partial charge in [0.25, 0.3) is 10.0 Å². The molecule has 0 aromatic heterocycles. The highest BCUT2D eigenvalue weighted by atomic mass is 32.2. The molecule has 0 heterocycles. The zero-order chi connectivity index (χ0) is 24.8. The van der Waals surface area contributed by atoms with Crippen molar-refractivity contribution in [1.82, 2.24) is 5.32 Å². The highest BCUT2D eigenvalue weighted by Crippen LogP contribution is 2.32. The fraction of sp³-hybridized carbons (Fsp3) is 0.269. The number of nitrogens with one attached hydrogen (secondary N) is 1. The summed E-state index contributed by atoms with van der Waals surface area (Å²) in [6.07, 6.45) is 0.605. The molecule has 0 aliphatic carbocycles. The zero-order valence-electron chi connectivity index (χ0n) is 19.8. The van der Waals surface area contributed by atoms with E-state index in [-0.39, 0.29) is 17.2 Å². The van der Waals surface area contributed by atoms with Crippen molar-refractivity contribution < 1.29 is 22.7 Å². The van der Waals surface area contributed by atoms with Crippen LogP contribution >= 0.6 is 0 Å². The Morgan fingerprint density at radius 1 is 0.882 bits per heavy atom. The van der Waals surface area contributed by atoms with Crippen LogP contribution in [0.1, 0.15) is 19.4 Å². The second kappa shape index (κ2) is 10.6. The molecule has 0 aliphatic rings. The first-order chi connectivity index (χ1) is 16.2. The lowest BCUT2D eigenvalue weighted by atomic mass is 9.95. The quantitative estimate of drug-likeness (QED) is 0.472. The molecule has 1 amide bonds. The van der Waals surface area contributed by atoms with E-state index in [4.69, 9.17) is 9.47 Å². The number of ether oxygens (including phenoxy) is 2. The fourth-order valence-electron chi connectivity index (χ4n) is 3.71. The number of para-hydroxylation sites is 1. The number of rotatable bonds is 10. The van der Waals surface area contributed by atoms with Gasteiger partial charge in [-0.05, 0) is 50.1 Å². The van der Waals surface area contributed by atoms with Gasteiger partial charge in [-0.2, -0.15) is 0 Å². The maximum atomic E-state index is 13.6. The number of hydrogen-bond donors (Lipinski definition) is 1. The van der Waals surface area contributed by atoms with Gasteiger partial charge < -0.3 is 14.8 Å². The Balaban J connectivity index is 1.89. The van der Waals surface area contributed by atoms with Gasteiger partial charge in [0, 0.05) is 11.6 Å². The summed E-state index contributed by atoms with van der Waals surface area (Å²) < 4.78 is 38.9. The van der Waals surface area contributed by atoms with Gasteiger partial charge in [-0.15, -0.1) is 0 Å². The summed E-state index contributed by atoms with van der Waals surface area (Å²) in [5.41, 5.74) is 0.882. The van der Waals surface area contributed by atoms with Crippen LogP contribution in [0, 0.1) is 0 Å². The SMILES string of the molecule is COc1ccc(S(=O)(=O)N(CC(=O)NC(C)(C)Cc2ccccc2)c2ccccc2)cc1OC. The summed E-state index contributed by atoms with van der Waals surface area (Å²) in [5, 5.41) is 2.98. The molecule has 0 fully saturated rings. The van der Waals surface area contributed by atoms with E-state index in [1.165, 1.54) is 32.4 Å². The van der Waals surface area contributed by atoms with Crippen molar-refractivity contribution >= 4 is 21.6 Å². The lowest BCUT2D eigenvalue weighted by Gasteiger charge is -2.29. The topological polar surface area (TPSA) is 84.9 Å². The molecule has 7 nitrogen and oxygen atoms in total. The van der Waals surface area contributed by atoms with Gasteiger partial charge in [-0.1, -0.05) is 48.5 Å². The number of methoxy groups -OCH3 is 2. The minimum Gasteiger partial charge on any atom is -0.493 e. The van der Waals surface area contributed by atoms with Crippen molar-refractivity contribution in [2.45, 2.75) is 30.7 Å². The molecular formula is C26H30N2O5S. The standard InChI is InChI=1S/C26H30N2O5S/c1-26(2,18-20-11-7-5-8-12-20)27-25(29)19-28(21-13-9-6-10-14-21)34(30,31)22-15-16-23(32-3)24(17-22)33-4/h5-17H,18-19H2,1-4H3,(H,27,29). The van der Waals surface area contributed by atoms with Crippen LogP contribution in [0.5, 0.6) is 11.5 Å². The van der Waals surface area contributed by atoms with Gasteiger partial charge >= 0.3 is 0 Å². The van der Waals surface area contributed by atoms with Gasteiger partial charge in [0.15, 0.2) is 11.5 Å². The van der Waals surface area contributed by atoms with Crippen molar-refractivity contribution in [1.29, 1.82) is 0 Å². The Hall–Kier alpha value is -3.52. The van der Waals surface area contributed by atoms with Crippen LogP contribution in [0.25, 0.3) is 0 Å². The van der Waals surface area contributed by atoms with E-state index in [2.05, 4.69) is 5.32 Å². The van der Waals surface area contributed by atoms with Crippen LogP contribution in [-0.2, 0) is 21.2 Å². The van der Waals surface area contributed by atoms with E-state index in [0.29, 0.717) is 17.9 Å². The average Bonchev–Trinajstić information content (AvgIpc) is 2.82. The minimum atomic E-state index is -4.08. The molecule has 3 rings (SSSR count). The largest absolute Gasteiger partial charge is 0.493 e. The molecule has 0 bridgehead atoms. The third kappa shape index (κ3) is 6.08. The second-order valence-electron chi connectivity index (χ2n) is 8.46. The molecule has 3 aromatic rings. The Labute approximate surface area is 201 Å². The normalized spacial score (nSPS) is 11.5. The molecule has 0 unspecified atom stereocenters. The number of hydrogen-bond acceptors (Lipinski definition) is 5. The third-order valence-corrected chi connectivity index (χ3v) is 7.01. The van der Waals surface area contributed by atoms with E-state index in [9.17, 15) is 13.2 Å². The van der Waals surface area contributed by atoms with Crippen LogP contribution < -0.4 is 19.1 Å². The number of carbonyl (C=O) groups excluding carboxylic acids is 1. The smallest absolute Gasteiger partial charge is 0.264 e. The van der Waals surface area contributed by atoms with Crippen LogP contribution in [0.4, 0.5) is 5.69 Å². The number of carbonyl (C=O) groups is 1. The summed E-state index contributed by atoms with van der Waals surface area (Å²) in [4.78, 5) is 13.1. The Morgan fingerprint density at radius 2 is 1.47 bits per heavy atom. The van der Waals surface area contributed by atoms with Crippen LogP contribution in [0.2, 0.25) is 0 Å². The van der Waals surface area contributed by atoms with Crippen molar-refractivity contribution in [2.75, 3.05) is 25.1 Å². The third-order valence-electron chi connectivity index (χ3n) is 5.24. The highest BCUT2D eigenvalue weighted by Gasteiger charge is 2.30. The van der Waals surface area contributed by atoms with Crippen LogP contribution in [-0.4, -0.2) is 40.6 Å². The van der Waals surface area contributed by atoms with E-state index in [0.717, 1.165) is 9.87 Å². The number of nitrogens with zero attached hydrogens (tertiary/aromatic N) is 1. The molecule has 8 heteroatoms. The van der Waals surface area contributed by atoms with Crippen molar-refractivity contribution in [3.8, 4) is 11.5 Å². The Bertz CT molecular complexity index is 1210. The predicted molar refractivity (Wildman–Crippen MR) is 133 cm³/mol. The monoisotopic (exact) mass is 482 g/mol. The fourth-order valence-corrected chi connectivity index (χ4v) is 5.15. The summed E-state index contributed by atoms with van der Waals surface area (Å²) in [7, 11) is -1.17. The van der Waals surface area contributed by atoms with Gasteiger partial charge in [0.1, 0.15) is 6.54 Å². The van der Waals surface area contributed by atoms with E-state index in [1.54, 1.807) is 30.3 Å². The van der Waals surface area contributed by atoms with E-state index >= 15 is 0 Å². The molecular weight excluding hydrogens is 452 g/mol. The summed E-state index contributed by atoms with van der Waals surface area (Å²) in [6.45, 7) is 3.44. The summed E-state index contributed by atoms with van der Waals surface area (Å²) in [5.74, 6) is 0.284. The lowest BCUT2D eigenvalue weighted by molar-refractivity contribution is -0.121. The van der Waals surface area contributed by atoms with Gasteiger partial charge in [-0.25, -0.2) is 8.42 Å². The lowest BCUT2D eigenvalue weighted by Crippen LogP contribution is -2.50. The Morgan fingerprint density at radius 3 is 2.06 bits per heavy atom. The molecule has 3 aromatic carbocycles. The molecule has 0 saturated carbocycles. The molecule has 1 N–H and O–H groups in total. The second-order valence-corrected chi connectivity index (χ2v) is 10.3. The van der Waals surface area contributed by atoms with Crippen molar-refractivity contribution in [3.05, 3.63) is 84.4 Å². The molecule has 0 atom stereocenters. The number of benzene rings is 3. The maximum Gasteiger partial charge on any atom is 0.264 e. The van der Waals surface area contributed by atoms with Crippen LogP contribution in [0.15, 0.2) is 83.8 Å². The minimum absolute atomic E-state index is 0.00894. The zero-order valence-corrected chi connectivity index (χ0v) is 20.6. The van der Waals surface area contributed by atoms with E-state index < -0.39 is 21.5 Å². The molecule has 0 spiro atoms. The molecule has 180 valence electrons. The highest BCUT2D eigenvalue weighted by molar-refractivity contribution is 7.92. The average molecular weight is 483 g/mol. The van der Waals surface area contributed by atoms with Crippen molar-refractivity contribution in [3.63, 3.8) is 0 Å². The maximum absolute atomic E-state index is 13.6. The van der Waals surface area contributed by atoms with Gasteiger partial charge in [0.05, 0.1) is 24.8 Å². The summed E-state index contributed by atoms with van der Waals surface area (Å²) >= 11 is 0. The molecule has 34 heavy (non-hydrogen) atoms. The predicted octanol–water partition coefficient (Wildman–Crippen LogP) is 4.04. The summed E-state index contributed by atoms with van der Waals surface area (Å²) in [6, 6.07) is 22.7. The first-order valence-electron chi connectivity index (χ1n) is 10.8. The Kier molecular flexibility index (Phi) is 7.83. The van der Waals surface area contributed by atoms with Gasteiger partial charge in [0.2, 0.25) is 5.91 Å². The number of anilines is 1. The number of amides is 1. The van der Waals surface area contributed by atoms with Crippen LogP contribution in [0.3, 0.4) is 0 Å². The molecule has 0 saturated heterocycles. The first-order valence-corrected chi connectivity index (χ1v) is 12.2. The van der Waals surface area contributed by atoms with E-state index in [1.807, 2.05) is 44.2 Å².